The number of amides is 1. The topological polar surface area (TPSA) is 104 Å². The first-order valence-corrected chi connectivity index (χ1v) is 9.13. The van der Waals surface area contributed by atoms with Gasteiger partial charge in [0.25, 0.3) is 0 Å². The summed E-state index contributed by atoms with van der Waals surface area (Å²) in [5.74, 6) is -0.365. The fourth-order valence-electron chi connectivity index (χ4n) is 2.91. The lowest BCUT2D eigenvalue weighted by Crippen LogP contribution is -2.33. The molecule has 2 heterocycles. The van der Waals surface area contributed by atoms with E-state index in [9.17, 15) is 23.1 Å². The van der Waals surface area contributed by atoms with Crippen molar-refractivity contribution in [3.05, 3.63) is 65.0 Å². The highest BCUT2D eigenvalue weighted by Gasteiger charge is 2.39. The molecule has 7 nitrogen and oxygen atoms in total. The number of ether oxygens (including phenoxy) is 1. The maximum absolute atomic E-state index is 12.4. The van der Waals surface area contributed by atoms with Gasteiger partial charge in [-0.2, -0.15) is 13.2 Å². The van der Waals surface area contributed by atoms with Crippen molar-refractivity contribution >= 4 is 11.8 Å². The van der Waals surface area contributed by atoms with E-state index in [0.29, 0.717) is 16.8 Å². The molecule has 0 radical (unpaired) electrons. The second-order valence-electron chi connectivity index (χ2n) is 6.71. The maximum atomic E-state index is 12.4. The number of nitrogens with one attached hydrogen (secondary N) is 1. The van der Waals surface area contributed by atoms with E-state index in [1.54, 1.807) is 30.3 Å². The number of aliphatic imine (C=N–C) groups is 1. The van der Waals surface area contributed by atoms with Gasteiger partial charge >= 0.3 is 6.18 Å². The van der Waals surface area contributed by atoms with Crippen LogP contribution in [-0.4, -0.2) is 52.5 Å². The first-order chi connectivity index (χ1) is 14.3. The molecule has 2 aromatic rings. The number of benzene rings is 1. The van der Waals surface area contributed by atoms with Gasteiger partial charge in [0.1, 0.15) is 6.61 Å². The summed E-state index contributed by atoms with van der Waals surface area (Å²) in [5, 5.41) is 21.3. The lowest BCUT2D eigenvalue weighted by atomic mass is 10.1. The van der Waals surface area contributed by atoms with Crippen molar-refractivity contribution in [2.45, 2.75) is 31.3 Å². The number of pyridine rings is 1. The van der Waals surface area contributed by atoms with Crippen LogP contribution in [0.15, 0.2) is 47.6 Å². The Labute approximate surface area is 170 Å². The van der Waals surface area contributed by atoms with Gasteiger partial charge in [0.05, 0.1) is 36.9 Å². The Morgan fingerprint density at radius 2 is 2.00 bits per heavy atom. The minimum Gasteiger partial charge on any atom is -0.474 e. The summed E-state index contributed by atoms with van der Waals surface area (Å²) in [6.07, 6.45) is -6.04. The zero-order chi connectivity index (χ0) is 21.7. The van der Waals surface area contributed by atoms with E-state index >= 15 is 0 Å². The Balaban J connectivity index is 1.59. The molecule has 2 atom stereocenters. The summed E-state index contributed by atoms with van der Waals surface area (Å²) in [6, 6.07) is 10.1. The third-order valence-corrected chi connectivity index (χ3v) is 4.49. The molecule has 30 heavy (non-hydrogen) atoms. The van der Waals surface area contributed by atoms with Crippen LogP contribution in [0.3, 0.4) is 0 Å². The number of rotatable bonds is 7. The SMILES string of the molecule is O=C(Cc1cc2c(cn1)C(OC[C@@H](O)C(F)(F)F)=NC2)N[C@H](CO)c1ccccc1. The lowest BCUT2D eigenvalue weighted by molar-refractivity contribution is -0.211. The predicted molar refractivity (Wildman–Crippen MR) is 101 cm³/mol. The molecule has 0 saturated heterocycles. The number of hydrogen-bond acceptors (Lipinski definition) is 6. The summed E-state index contributed by atoms with van der Waals surface area (Å²) < 4.78 is 42.1. The van der Waals surface area contributed by atoms with Crippen LogP contribution in [0.4, 0.5) is 13.2 Å². The van der Waals surface area contributed by atoms with Crippen molar-refractivity contribution < 1.29 is 32.9 Å². The van der Waals surface area contributed by atoms with Gasteiger partial charge in [0.15, 0.2) is 6.10 Å². The molecule has 0 unspecified atom stereocenters. The number of aliphatic hydroxyl groups is 2. The minimum absolute atomic E-state index is 0.0266. The summed E-state index contributed by atoms with van der Waals surface area (Å²) in [4.78, 5) is 20.5. The average Bonchev–Trinajstić information content (AvgIpc) is 3.12. The number of halogens is 3. The van der Waals surface area contributed by atoms with E-state index in [1.807, 2.05) is 6.07 Å². The van der Waals surface area contributed by atoms with E-state index in [0.717, 1.165) is 5.56 Å². The number of carbonyl (C=O) groups excluding carboxylic acids is 1. The number of nitrogens with zero attached hydrogens (tertiary/aromatic N) is 2. The largest absolute Gasteiger partial charge is 0.474 e. The second-order valence-corrected chi connectivity index (χ2v) is 6.71. The van der Waals surface area contributed by atoms with Crippen LogP contribution in [0.2, 0.25) is 0 Å². The van der Waals surface area contributed by atoms with Gasteiger partial charge in [-0.25, -0.2) is 4.99 Å². The highest BCUT2D eigenvalue weighted by molar-refractivity contribution is 5.97. The third kappa shape index (κ3) is 5.33. The molecular weight excluding hydrogens is 403 g/mol. The zero-order valence-electron chi connectivity index (χ0n) is 15.8. The van der Waals surface area contributed by atoms with Crippen LogP contribution in [0.25, 0.3) is 0 Å². The summed E-state index contributed by atoms with van der Waals surface area (Å²) in [7, 11) is 0. The van der Waals surface area contributed by atoms with Crippen LogP contribution in [-0.2, 0) is 22.5 Å². The molecule has 1 aliphatic rings. The Kier molecular flexibility index (Phi) is 6.68. The molecule has 1 aromatic heterocycles. The van der Waals surface area contributed by atoms with E-state index in [4.69, 9.17) is 9.84 Å². The molecule has 0 fully saturated rings. The van der Waals surface area contributed by atoms with Crippen molar-refractivity contribution in [1.29, 1.82) is 0 Å². The Morgan fingerprint density at radius 1 is 1.27 bits per heavy atom. The van der Waals surface area contributed by atoms with Crippen molar-refractivity contribution in [1.82, 2.24) is 10.3 Å². The highest BCUT2D eigenvalue weighted by atomic mass is 19.4. The molecule has 3 N–H and O–H groups in total. The Morgan fingerprint density at radius 3 is 2.67 bits per heavy atom. The van der Waals surface area contributed by atoms with Crippen LogP contribution in [0, 0.1) is 0 Å². The summed E-state index contributed by atoms with van der Waals surface area (Å²) in [6.45, 7) is -1.05. The van der Waals surface area contributed by atoms with Gasteiger partial charge in [-0.15, -0.1) is 0 Å². The maximum Gasteiger partial charge on any atom is 0.417 e. The van der Waals surface area contributed by atoms with Crippen molar-refractivity contribution in [2.24, 2.45) is 4.99 Å². The highest BCUT2D eigenvalue weighted by Crippen LogP contribution is 2.23. The standard InChI is InChI=1S/C20H20F3N3O4/c21-20(22,23)17(28)11-30-19-15-9-24-14(6-13(15)8-25-19)7-18(29)26-16(10-27)12-4-2-1-3-5-12/h1-6,9,16-17,27-28H,7-8,10-11H2,(H,26,29)/t16-,17-/m1/s1. The van der Waals surface area contributed by atoms with Crippen LogP contribution < -0.4 is 5.32 Å². The number of fused-ring (bicyclic) bond motifs is 1. The third-order valence-electron chi connectivity index (χ3n) is 4.49. The molecule has 160 valence electrons. The Hall–Kier alpha value is -2.98. The molecule has 1 aromatic carbocycles. The number of carbonyl (C=O) groups is 1. The van der Waals surface area contributed by atoms with Crippen LogP contribution in [0.1, 0.15) is 28.4 Å². The molecule has 10 heteroatoms. The van der Waals surface area contributed by atoms with E-state index in [-0.39, 0.29) is 31.4 Å². The lowest BCUT2D eigenvalue weighted by Gasteiger charge is -2.17. The molecule has 1 amide bonds. The normalized spacial score (nSPS) is 15.2. The fourth-order valence-corrected chi connectivity index (χ4v) is 2.91. The van der Waals surface area contributed by atoms with Gasteiger partial charge in [-0.05, 0) is 17.2 Å². The monoisotopic (exact) mass is 423 g/mol. The average molecular weight is 423 g/mol. The van der Waals surface area contributed by atoms with E-state index in [1.165, 1.54) is 6.20 Å². The summed E-state index contributed by atoms with van der Waals surface area (Å²) >= 11 is 0. The first kappa shape index (κ1) is 21.7. The molecule has 0 bridgehead atoms. The van der Waals surface area contributed by atoms with E-state index in [2.05, 4.69) is 15.3 Å². The molecule has 3 rings (SSSR count). The van der Waals surface area contributed by atoms with Crippen molar-refractivity contribution in [2.75, 3.05) is 13.2 Å². The van der Waals surface area contributed by atoms with Gasteiger partial charge < -0.3 is 20.3 Å². The van der Waals surface area contributed by atoms with Crippen LogP contribution in [0.5, 0.6) is 0 Å². The van der Waals surface area contributed by atoms with Gasteiger partial charge in [0.2, 0.25) is 11.8 Å². The van der Waals surface area contributed by atoms with Gasteiger partial charge in [-0.1, -0.05) is 30.3 Å². The van der Waals surface area contributed by atoms with Crippen LogP contribution >= 0.6 is 0 Å². The van der Waals surface area contributed by atoms with Crippen molar-refractivity contribution in [3.63, 3.8) is 0 Å². The first-order valence-electron chi connectivity index (χ1n) is 9.13. The van der Waals surface area contributed by atoms with Gasteiger partial charge in [0, 0.05) is 6.20 Å². The number of aromatic nitrogens is 1. The van der Waals surface area contributed by atoms with Gasteiger partial charge in [-0.3, -0.25) is 9.78 Å². The number of hydrogen-bond donors (Lipinski definition) is 3. The van der Waals surface area contributed by atoms with E-state index < -0.39 is 24.9 Å². The molecular formula is C20H20F3N3O4. The zero-order valence-corrected chi connectivity index (χ0v) is 15.8. The quantitative estimate of drug-likeness (QED) is 0.629. The minimum atomic E-state index is -4.77. The fraction of sp³-hybridized carbons (Fsp3) is 0.350. The Bertz CT molecular complexity index is 919. The number of aliphatic hydroxyl groups excluding tert-OH is 2. The predicted octanol–water partition coefficient (Wildman–Crippen LogP) is 1.67. The molecule has 0 spiro atoms. The number of alkyl halides is 3. The molecule has 0 aliphatic carbocycles. The molecule has 0 saturated carbocycles. The second kappa shape index (κ2) is 9.23. The van der Waals surface area contributed by atoms with Crippen molar-refractivity contribution in [3.8, 4) is 0 Å². The smallest absolute Gasteiger partial charge is 0.417 e. The summed E-state index contributed by atoms with van der Waals surface area (Å²) in [5.41, 5.74) is 2.30. The molecule has 1 aliphatic heterocycles.